The van der Waals surface area contributed by atoms with Crippen molar-refractivity contribution in [1.29, 1.82) is 0 Å². The van der Waals surface area contributed by atoms with E-state index in [-0.39, 0.29) is 5.41 Å². The molecule has 50 valence electrons. The van der Waals surface area contributed by atoms with Crippen molar-refractivity contribution in [3.63, 3.8) is 0 Å². The van der Waals surface area contributed by atoms with E-state index in [1.807, 2.05) is 0 Å². The first-order chi connectivity index (χ1) is 3.42. The normalized spacial score (nSPS) is 16.0. The zero-order chi connectivity index (χ0) is 6.78. The summed E-state index contributed by atoms with van der Waals surface area (Å²) in [5, 5.41) is 0. The maximum absolute atomic E-state index is 8.73. The molecule has 0 aliphatic heterocycles. The molecule has 0 radical (unpaired) electrons. The minimum Gasteiger partial charge on any atom is -0.327 e. The lowest BCUT2D eigenvalue weighted by Gasteiger charge is -2.15. The molecule has 0 aromatic heterocycles. The summed E-state index contributed by atoms with van der Waals surface area (Å²) in [7, 11) is -0.802. The summed E-state index contributed by atoms with van der Waals surface area (Å²) in [6, 6.07) is 0. The maximum atomic E-state index is 8.73. The Balaban J connectivity index is 3.55. The summed E-state index contributed by atoms with van der Waals surface area (Å²) in [6.07, 6.45) is 0. The summed E-state index contributed by atoms with van der Waals surface area (Å²) in [5.41, 5.74) is 0.180. The monoisotopic (exact) mass is 152 g/mol. The van der Waals surface area contributed by atoms with Crippen molar-refractivity contribution >= 4 is 20.9 Å². The average molecular weight is 152 g/mol. The molecule has 0 aromatic rings. The lowest BCUT2D eigenvalue weighted by atomic mass is 10.0. The smallest absolute Gasteiger partial charge is 0.0272 e. The predicted octanol–water partition coefficient (Wildman–Crippen LogP) is 1.59. The second-order valence-corrected chi connectivity index (χ2v) is 5.11. The van der Waals surface area contributed by atoms with Crippen LogP contribution in [0.25, 0.3) is 0 Å². The Morgan fingerprint density at radius 2 is 1.88 bits per heavy atom. The van der Waals surface area contributed by atoms with Gasteiger partial charge in [-0.3, -0.25) is 0 Å². The van der Waals surface area contributed by atoms with Crippen LogP contribution in [0.1, 0.15) is 20.8 Å². The van der Waals surface area contributed by atoms with Gasteiger partial charge in [-0.2, -0.15) is 0 Å². The van der Waals surface area contributed by atoms with Crippen LogP contribution in [0.15, 0.2) is 0 Å². The molecule has 1 nitrogen and oxygen atoms in total. The predicted molar refractivity (Wildman–Crippen MR) is 41.7 cm³/mol. The third-order valence-corrected chi connectivity index (χ3v) is 2.02. The van der Waals surface area contributed by atoms with Crippen molar-refractivity contribution in [3.05, 3.63) is 0 Å². The second kappa shape index (κ2) is 2.90. The Morgan fingerprint density at radius 3 is 1.88 bits per heavy atom. The quantitative estimate of drug-likeness (QED) is 0.615. The van der Waals surface area contributed by atoms with E-state index in [1.165, 1.54) is 0 Å². The maximum Gasteiger partial charge on any atom is 0.0272 e. The van der Waals surface area contributed by atoms with Gasteiger partial charge in [0.15, 0.2) is 0 Å². The highest BCUT2D eigenvalue weighted by atomic mass is 32.8. The molecule has 0 amide bonds. The molecular weight excluding hydrogens is 140 g/mol. The van der Waals surface area contributed by atoms with Crippen molar-refractivity contribution < 1.29 is 4.55 Å². The van der Waals surface area contributed by atoms with Crippen LogP contribution in [0.5, 0.6) is 0 Å². The molecule has 1 unspecified atom stereocenters. The van der Waals surface area contributed by atoms with Crippen LogP contribution in [0.2, 0.25) is 0 Å². The summed E-state index contributed by atoms with van der Waals surface area (Å²) < 4.78 is 8.73. The van der Waals surface area contributed by atoms with Gasteiger partial charge >= 0.3 is 0 Å². The molecule has 0 spiro atoms. The molecule has 0 bridgehead atoms. The highest BCUT2D eigenvalue weighted by Gasteiger charge is 2.10. The first-order valence-electron chi connectivity index (χ1n) is 2.49. The van der Waals surface area contributed by atoms with Crippen LogP contribution in [0, 0.1) is 5.41 Å². The molecule has 0 aliphatic rings. The van der Waals surface area contributed by atoms with Crippen molar-refractivity contribution in [2.45, 2.75) is 20.8 Å². The van der Waals surface area contributed by atoms with Gasteiger partial charge in [0.05, 0.1) is 0 Å². The van der Waals surface area contributed by atoms with Crippen LogP contribution < -0.4 is 0 Å². The van der Waals surface area contributed by atoms with Gasteiger partial charge < -0.3 is 4.55 Å². The van der Waals surface area contributed by atoms with Gasteiger partial charge in [0.1, 0.15) is 0 Å². The van der Waals surface area contributed by atoms with E-state index in [0.717, 1.165) is 5.75 Å². The molecular formula is C5H12OS2. The van der Waals surface area contributed by atoms with Gasteiger partial charge in [0, 0.05) is 15.5 Å². The Bertz CT molecular complexity index is 93.1. The topological polar surface area (TPSA) is 20.2 Å². The molecule has 1 N–H and O–H groups in total. The largest absolute Gasteiger partial charge is 0.327 e. The van der Waals surface area contributed by atoms with Crippen LogP contribution >= 0.6 is 0 Å². The molecule has 0 aliphatic carbocycles. The van der Waals surface area contributed by atoms with Gasteiger partial charge in [-0.05, 0) is 16.6 Å². The molecule has 0 saturated carbocycles. The molecule has 8 heavy (non-hydrogen) atoms. The molecule has 3 heteroatoms. The SMILES string of the molecule is CC(C)(C)CS(O)=S. The summed E-state index contributed by atoms with van der Waals surface area (Å²) in [5.74, 6) is 0.725. The Morgan fingerprint density at radius 1 is 1.50 bits per heavy atom. The van der Waals surface area contributed by atoms with E-state index in [1.54, 1.807) is 0 Å². The van der Waals surface area contributed by atoms with Crippen LogP contribution in [0.4, 0.5) is 0 Å². The molecule has 1 atom stereocenters. The van der Waals surface area contributed by atoms with E-state index in [0.29, 0.717) is 0 Å². The van der Waals surface area contributed by atoms with Crippen molar-refractivity contribution in [1.82, 2.24) is 0 Å². The molecule has 0 aromatic carbocycles. The highest BCUT2D eigenvalue weighted by molar-refractivity contribution is 8.25. The lowest BCUT2D eigenvalue weighted by molar-refractivity contribution is 0.469. The number of hydrogen-bond donors (Lipinski definition) is 1. The second-order valence-electron chi connectivity index (χ2n) is 3.03. The third-order valence-electron chi connectivity index (χ3n) is 0.556. The Hall–Kier alpha value is 0.530. The molecule has 0 fully saturated rings. The van der Waals surface area contributed by atoms with E-state index < -0.39 is 9.74 Å². The summed E-state index contributed by atoms with van der Waals surface area (Å²) in [4.78, 5) is 0. The van der Waals surface area contributed by atoms with E-state index >= 15 is 0 Å². The van der Waals surface area contributed by atoms with Crippen LogP contribution in [-0.2, 0) is 20.9 Å². The standard InChI is InChI=1S/C5H12OS2/c1-5(2,3)4-8(6)7/h4H2,1-3H3,(H,6,7). The van der Waals surface area contributed by atoms with Crippen LogP contribution in [0.3, 0.4) is 0 Å². The van der Waals surface area contributed by atoms with Gasteiger partial charge in [0.25, 0.3) is 0 Å². The lowest BCUT2D eigenvalue weighted by Crippen LogP contribution is -2.14. The molecule has 0 saturated heterocycles. The van der Waals surface area contributed by atoms with Gasteiger partial charge in [-0.25, -0.2) is 0 Å². The van der Waals surface area contributed by atoms with Crippen molar-refractivity contribution in [2.24, 2.45) is 5.41 Å². The zero-order valence-corrected chi connectivity index (χ0v) is 7.10. The zero-order valence-electron chi connectivity index (χ0n) is 5.47. The fourth-order valence-corrected chi connectivity index (χ4v) is 2.17. The fourth-order valence-electron chi connectivity index (χ4n) is 0.370. The van der Waals surface area contributed by atoms with Gasteiger partial charge in [0.2, 0.25) is 0 Å². The average Bonchev–Trinajstić information content (AvgIpc) is 1.21. The number of hydrogen-bond acceptors (Lipinski definition) is 1. The Kier molecular flexibility index (Phi) is 3.09. The first-order valence-corrected chi connectivity index (χ1v) is 4.77. The highest BCUT2D eigenvalue weighted by Crippen LogP contribution is 2.13. The van der Waals surface area contributed by atoms with E-state index in [4.69, 9.17) is 4.55 Å². The molecule has 0 rings (SSSR count). The van der Waals surface area contributed by atoms with Crippen molar-refractivity contribution in [2.75, 3.05) is 5.75 Å². The summed E-state index contributed by atoms with van der Waals surface area (Å²) in [6.45, 7) is 6.20. The fraction of sp³-hybridized carbons (Fsp3) is 1.00. The van der Waals surface area contributed by atoms with E-state index in [2.05, 4.69) is 32.0 Å². The minimum absolute atomic E-state index is 0.180. The number of rotatable bonds is 1. The van der Waals surface area contributed by atoms with Crippen LogP contribution in [-0.4, -0.2) is 10.3 Å². The first kappa shape index (κ1) is 8.53. The minimum atomic E-state index is -0.802. The van der Waals surface area contributed by atoms with Crippen molar-refractivity contribution in [3.8, 4) is 0 Å². The molecule has 0 heterocycles. The third kappa shape index (κ3) is 6.53. The summed E-state index contributed by atoms with van der Waals surface area (Å²) >= 11 is 4.61. The van der Waals surface area contributed by atoms with E-state index in [9.17, 15) is 0 Å². The Labute approximate surface area is 57.9 Å². The van der Waals surface area contributed by atoms with Gasteiger partial charge in [-0.1, -0.05) is 20.8 Å². The van der Waals surface area contributed by atoms with Gasteiger partial charge in [-0.15, -0.1) is 0 Å².